The van der Waals surface area contributed by atoms with Crippen LogP contribution in [0.4, 0.5) is 0 Å². The first-order valence-electron chi connectivity index (χ1n) is 5.41. The molecule has 0 atom stereocenters. The molecule has 10 heteroatoms. The van der Waals surface area contributed by atoms with Crippen LogP contribution >= 0.6 is 38.6 Å². The summed E-state index contributed by atoms with van der Waals surface area (Å²) in [5, 5.41) is 15.4. The lowest BCUT2D eigenvalue weighted by atomic mass is 10.4. The average Bonchev–Trinajstić information content (AvgIpc) is 3.13. The van der Waals surface area contributed by atoms with Crippen molar-refractivity contribution in [3.63, 3.8) is 0 Å². The maximum absolute atomic E-state index is 4.50. The van der Waals surface area contributed by atoms with E-state index in [1.54, 1.807) is 23.1 Å². The number of halogens is 1. The summed E-state index contributed by atoms with van der Waals surface area (Å²) < 4.78 is 2.49. The van der Waals surface area contributed by atoms with Crippen LogP contribution in [0, 0.1) is 0 Å². The van der Waals surface area contributed by atoms with Gasteiger partial charge in [0.15, 0.2) is 8.92 Å². The van der Waals surface area contributed by atoms with E-state index >= 15 is 0 Å². The van der Waals surface area contributed by atoms with Crippen LogP contribution in [0.2, 0.25) is 0 Å². The van der Waals surface area contributed by atoms with Gasteiger partial charge in [0.1, 0.15) is 11.4 Å². The molecular weight excluding hydrogens is 362 g/mol. The number of rotatable bonds is 2. The molecule has 0 aliphatic heterocycles. The third-order valence-corrected chi connectivity index (χ3v) is 4.76. The number of aromatic nitrogens is 7. The first kappa shape index (κ1) is 12.0. The van der Waals surface area contributed by atoms with Crippen LogP contribution in [0.3, 0.4) is 0 Å². The van der Waals surface area contributed by atoms with Gasteiger partial charge in [-0.25, -0.2) is 9.97 Å². The maximum Gasteiger partial charge on any atom is 0.235 e. The second kappa shape index (κ2) is 4.65. The van der Waals surface area contributed by atoms with Crippen LogP contribution in [0.1, 0.15) is 0 Å². The molecule has 0 aliphatic carbocycles. The SMILES string of the molecule is Brc1nc(-c2nn3c(-c4cnccn4)nnc3s2)cs1. The Hall–Kier alpha value is -1.78. The van der Waals surface area contributed by atoms with Crippen molar-refractivity contribution in [2.45, 2.75) is 0 Å². The van der Waals surface area contributed by atoms with Crippen molar-refractivity contribution in [1.82, 2.24) is 34.8 Å². The molecular formula is C10H4BrN7S2. The molecule has 0 saturated heterocycles. The molecule has 0 N–H and O–H groups in total. The second-order valence-corrected chi connectivity index (χ2v) is 6.79. The third-order valence-electron chi connectivity index (χ3n) is 2.48. The summed E-state index contributed by atoms with van der Waals surface area (Å²) in [6, 6.07) is 0. The Morgan fingerprint density at radius 3 is 2.85 bits per heavy atom. The van der Waals surface area contributed by atoms with E-state index in [1.807, 2.05) is 5.38 Å². The van der Waals surface area contributed by atoms with Crippen molar-refractivity contribution in [3.05, 3.63) is 27.9 Å². The Morgan fingerprint density at radius 2 is 2.10 bits per heavy atom. The summed E-state index contributed by atoms with van der Waals surface area (Å²) >= 11 is 6.30. The summed E-state index contributed by atoms with van der Waals surface area (Å²) in [5.74, 6) is 0.574. The minimum Gasteiger partial charge on any atom is -0.261 e. The predicted molar refractivity (Wildman–Crippen MR) is 78.5 cm³/mol. The highest BCUT2D eigenvalue weighted by Gasteiger charge is 2.16. The van der Waals surface area contributed by atoms with E-state index in [1.165, 1.54) is 22.7 Å². The van der Waals surface area contributed by atoms with Gasteiger partial charge in [0, 0.05) is 17.8 Å². The van der Waals surface area contributed by atoms with Crippen molar-refractivity contribution >= 4 is 43.6 Å². The first-order valence-corrected chi connectivity index (χ1v) is 7.90. The van der Waals surface area contributed by atoms with Gasteiger partial charge >= 0.3 is 0 Å². The van der Waals surface area contributed by atoms with E-state index in [0.717, 1.165) is 14.6 Å². The van der Waals surface area contributed by atoms with Crippen LogP contribution in [0.15, 0.2) is 27.9 Å². The van der Waals surface area contributed by atoms with Crippen molar-refractivity contribution in [3.8, 4) is 22.2 Å². The van der Waals surface area contributed by atoms with Crippen LogP contribution in [0.25, 0.3) is 27.2 Å². The zero-order chi connectivity index (χ0) is 13.5. The van der Waals surface area contributed by atoms with Gasteiger partial charge in [0.05, 0.1) is 6.20 Å². The minimum atomic E-state index is 0.574. The zero-order valence-electron chi connectivity index (χ0n) is 9.63. The zero-order valence-corrected chi connectivity index (χ0v) is 12.9. The highest BCUT2D eigenvalue weighted by Crippen LogP contribution is 2.29. The Labute approximate surface area is 128 Å². The van der Waals surface area contributed by atoms with Gasteiger partial charge in [-0.2, -0.15) is 9.61 Å². The van der Waals surface area contributed by atoms with E-state index in [9.17, 15) is 0 Å². The number of hydrogen-bond acceptors (Lipinski definition) is 8. The lowest BCUT2D eigenvalue weighted by Gasteiger charge is -1.93. The highest BCUT2D eigenvalue weighted by atomic mass is 79.9. The fraction of sp³-hybridized carbons (Fsp3) is 0. The van der Waals surface area contributed by atoms with Gasteiger partial charge in [-0.3, -0.25) is 4.98 Å². The van der Waals surface area contributed by atoms with Gasteiger partial charge in [-0.1, -0.05) is 11.3 Å². The summed E-state index contributed by atoms with van der Waals surface area (Å²) in [4.78, 5) is 13.3. The summed E-state index contributed by atoms with van der Waals surface area (Å²) in [6.07, 6.45) is 4.86. The van der Waals surface area contributed by atoms with E-state index in [4.69, 9.17) is 0 Å². The molecule has 0 radical (unpaired) electrons. The van der Waals surface area contributed by atoms with Crippen molar-refractivity contribution < 1.29 is 0 Å². The van der Waals surface area contributed by atoms with Gasteiger partial charge in [0.25, 0.3) is 0 Å². The van der Waals surface area contributed by atoms with E-state index in [2.05, 4.69) is 46.2 Å². The number of nitrogens with zero attached hydrogens (tertiary/aromatic N) is 7. The number of thiazole rings is 1. The first-order chi connectivity index (χ1) is 9.81. The van der Waals surface area contributed by atoms with Crippen LogP contribution in [0.5, 0.6) is 0 Å². The monoisotopic (exact) mass is 365 g/mol. The Balaban J connectivity index is 1.87. The quantitative estimate of drug-likeness (QED) is 0.542. The maximum atomic E-state index is 4.50. The van der Waals surface area contributed by atoms with Crippen molar-refractivity contribution in [2.75, 3.05) is 0 Å². The number of hydrogen-bond donors (Lipinski definition) is 0. The minimum absolute atomic E-state index is 0.574. The fourth-order valence-corrected chi connectivity index (χ4v) is 3.52. The molecule has 0 fully saturated rings. The molecule has 0 spiro atoms. The summed E-state index contributed by atoms with van der Waals surface area (Å²) in [6.45, 7) is 0. The summed E-state index contributed by atoms with van der Waals surface area (Å²) in [7, 11) is 0. The molecule has 4 aromatic rings. The Bertz CT molecular complexity index is 881. The van der Waals surface area contributed by atoms with Crippen LogP contribution in [-0.2, 0) is 0 Å². The van der Waals surface area contributed by atoms with Gasteiger partial charge in [0.2, 0.25) is 10.8 Å². The molecule has 0 aliphatic rings. The standard InChI is InChI=1S/C10H4BrN7S2/c11-9-14-6(4-19-9)8-17-18-7(15-16-10(18)20-8)5-3-12-1-2-13-5/h1-4H. The van der Waals surface area contributed by atoms with Crippen molar-refractivity contribution in [1.29, 1.82) is 0 Å². The molecule has 0 saturated carbocycles. The molecule has 4 heterocycles. The highest BCUT2D eigenvalue weighted by molar-refractivity contribution is 9.11. The lowest BCUT2D eigenvalue weighted by molar-refractivity contribution is 0.955. The molecule has 4 aromatic heterocycles. The molecule has 0 aromatic carbocycles. The van der Waals surface area contributed by atoms with Crippen LogP contribution < -0.4 is 0 Å². The predicted octanol–water partition coefficient (Wildman–Crippen LogP) is 2.53. The van der Waals surface area contributed by atoms with E-state index in [-0.39, 0.29) is 0 Å². The van der Waals surface area contributed by atoms with Crippen molar-refractivity contribution in [2.24, 2.45) is 0 Å². The third kappa shape index (κ3) is 1.92. The van der Waals surface area contributed by atoms with Crippen LogP contribution in [-0.4, -0.2) is 34.8 Å². The number of fused-ring (bicyclic) bond motifs is 1. The Kier molecular flexibility index (Phi) is 2.79. The fourth-order valence-electron chi connectivity index (χ4n) is 1.64. The second-order valence-electron chi connectivity index (χ2n) is 3.70. The lowest BCUT2D eigenvalue weighted by Crippen LogP contribution is -1.93. The van der Waals surface area contributed by atoms with E-state index in [0.29, 0.717) is 16.5 Å². The molecule has 4 rings (SSSR count). The molecule has 0 amide bonds. The average molecular weight is 366 g/mol. The largest absolute Gasteiger partial charge is 0.261 e. The molecule has 98 valence electrons. The van der Waals surface area contributed by atoms with Gasteiger partial charge in [-0.15, -0.1) is 21.5 Å². The molecule has 0 bridgehead atoms. The topological polar surface area (TPSA) is 81.8 Å². The molecule has 7 nitrogen and oxygen atoms in total. The smallest absolute Gasteiger partial charge is 0.235 e. The summed E-state index contributed by atoms with van der Waals surface area (Å²) in [5.41, 5.74) is 1.46. The molecule has 20 heavy (non-hydrogen) atoms. The molecule has 0 unspecified atom stereocenters. The van der Waals surface area contributed by atoms with E-state index < -0.39 is 0 Å². The van der Waals surface area contributed by atoms with Gasteiger partial charge < -0.3 is 0 Å². The Morgan fingerprint density at radius 1 is 1.15 bits per heavy atom. The van der Waals surface area contributed by atoms with Gasteiger partial charge in [-0.05, 0) is 15.9 Å². The normalized spacial score (nSPS) is 11.2.